The summed E-state index contributed by atoms with van der Waals surface area (Å²) in [6.45, 7) is -0.934. The highest BCUT2D eigenvalue weighted by Crippen LogP contribution is 2.35. The summed E-state index contributed by atoms with van der Waals surface area (Å²) in [5, 5.41) is 20.9. The number of carbonyl (C=O) groups excluding carboxylic acids is 1. The predicted molar refractivity (Wildman–Crippen MR) is 104 cm³/mol. The molecule has 0 aliphatic carbocycles. The van der Waals surface area contributed by atoms with Gasteiger partial charge in [-0.05, 0) is 30.7 Å². The Morgan fingerprint density at radius 1 is 1.12 bits per heavy atom. The number of halogens is 6. The standard InChI is InChI=1S/C20H18F6N4O3/c21-19(22,23)12-1-3-13(4-2-12)28-18(33)11-5-7-30(8-6-11)17-16(20(24,25)26)29-14(9-27-17)15(32)10-31/h1-5,9,15,31-32H,6-8,10H2,(H,28,33)/t15-/m1/s1. The van der Waals surface area contributed by atoms with E-state index in [-0.39, 0.29) is 30.8 Å². The van der Waals surface area contributed by atoms with Crippen molar-refractivity contribution in [3.8, 4) is 0 Å². The molecule has 1 aliphatic rings. The number of aromatic nitrogens is 2. The van der Waals surface area contributed by atoms with Crippen molar-refractivity contribution in [2.75, 3.05) is 29.9 Å². The zero-order valence-corrected chi connectivity index (χ0v) is 16.8. The molecule has 0 radical (unpaired) electrons. The van der Waals surface area contributed by atoms with Crippen LogP contribution in [0.1, 0.15) is 29.5 Å². The van der Waals surface area contributed by atoms with Gasteiger partial charge in [-0.3, -0.25) is 4.79 Å². The van der Waals surface area contributed by atoms with Crippen LogP contribution in [-0.2, 0) is 17.1 Å². The van der Waals surface area contributed by atoms with Crippen molar-refractivity contribution >= 4 is 17.4 Å². The molecule has 0 spiro atoms. The molecule has 3 rings (SSSR count). The minimum atomic E-state index is -4.88. The molecular formula is C20H18F6N4O3. The number of anilines is 2. The minimum Gasteiger partial charge on any atom is -0.393 e. The predicted octanol–water partition coefficient (Wildman–Crippen LogP) is 3.32. The fraction of sp³-hybridized carbons (Fsp3) is 0.350. The Morgan fingerprint density at radius 3 is 2.30 bits per heavy atom. The first-order valence-electron chi connectivity index (χ1n) is 9.55. The summed E-state index contributed by atoms with van der Waals surface area (Å²) in [5.74, 6) is -1.08. The molecule has 1 aliphatic heterocycles. The number of nitrogens with zero attached hydrogens (tertiary/aromatic N) is 3. The lowest BCUT2D eigenvalue weighted by molar-refractivity contribution is -0.141. The van der Waals surface area contributed by atoms with Gasteiger partial charge in [-0.2, -0.15) is 26.3 Å². The summed E-state index contributed by atoms with van der Waals surface area (Å²) < 4.78 is 78.3. The molecule has 2 aromatic rings. The van der Waals surface area contributed by atoms with Gasteiger partial charge in [-0.25, -0.2) is 9.97 Å². The first-order chi connectivity index (χ1) is 15.4. The van der Waals surface area contributed by atoms with Crippen molar-refractivity contribution in [1.82, 2.24) is 9.97 Å². The van der Waals surface area contributed by atoms with E-state index in [1.165, 1.54) is 11.0 Å². The molecule has 0 saturated heterocycles. The van der Waals surface area contributed by atoms with Gasteiger partial charge in [0.15, 0.2) is 11.5 Å². The Morgan fingerprint density at radius 2 is 1.79 bits per heavy atom. The summed E-state index contributed by atoms with van der Waals surface area (Å²) in [4.78, 5) is 20.8. The van der Waals surface area contributed by atoms with Crippen molar-refractivity contribution < 1.29 is 41.4 Å². The second kappa shape index (κ2) is 9.35. The maximum atomic E-state index is 13.5. The Balaban J connectivity index is 1.73. The number of aliphatic hydroxyl groups is 2. The van der Waals surface area contributed by atoms with Gasteiger partial charge in [0, 0.05) is 24.4 Å². The third-order valence-electron chi connectivity index (χ3n) is 4.83. The van der Waals surface area contributed by atoms with E-state index in [9.17, 15) is 36.2 Å². The maximum absolute atomic E-state index is 13.5. The third-order valence-corrected chi connectivity index (χ3v) is 4.83. The summed E-state index contributed by atoms with van der Waals surface area (Å²) in [5.41, 5.74) is -2.25. The van der Waals surface area contributed by atoms with Crippen LogP contribution in [0.3, 0.4) is 0 Å². The van der Waals surface area contributed by atoms with Crippen molar-refractivity contribution in [3.63, 3.8) is 0 Å². The van der Waals surface area contributed by atoms with Crippen LogP contribution in [0.2, 0.25) is 0 Å². The average molecular weight is 476 g/mol. The molecule has 2 heterocycles. The van der Waals surface area contributed by atoms with Crippen LogP contribution in [0.4, 0.5) is 37.8 Å². The molecule has 178 valence electrons. The van der Waals surface area contributed by atoms with Gasteiger partial charge >= 0.3 is 12.4 Å². The van der Waals surface area contributed by atoms with E-state index in [0.717, 1.165) is 30.5 Å². The molecule has 0 unspecified atom stereocenters. The summed E-state index contributed by atoms with van der Waals surface area (Å²) in [6, 6.07) is 3.84. The van der Waals surface area contributed by atoms with E-state index < -0.39 is 53.7 Å². The maximum Gasteiger partial charge on any atom is 0.437 e. The number of hydrogen-bond donors (Lipinski definition) is 3. The van der Waals surface area contributed by atoms with Gasteiger partial charge in [0.1, 0.15) is 6.10 Å². The molecule has 1 aromatic carbocycles. The number of rotatable bonds is 5. The number of nitrogens with one attached hydrogen (secondary N) is 1. The smallest absolute Gasteiger partial charge is 0.393 e. The van der Waals surface area contributed by atoms with Gasteiger partial charge in [0.2, 0.25) is 0 Å². The minimum absolute atomic E-state index is 0.00801. The van der Waals surface area contributed by atoms with Crippen LogP contribution in [-0.4, -0.2) is 45.8 Å². The number of alkyl halides is 6. The molecule has 3 N–H and O–H groups in total. The monoisotopic (exact) mass is 476 g/mol. The highest BCUT2D eigenvalue weighted by atomic mass is 19.4. The molecule has 7 nitrogen and oxygen atoms in total. The molecule has 13 heteroatoms. The van der Waals surface area contributed by atoms with Crippen LogP contribution in [0.5, 0.6) is 0 Å². The highest BCUT2D eigenvalue weighted by molar-refractivity contribution is 6.04. The lowest BCUT2D eigenvalue weighted by Gasteiger charge is -2.29. The van der Waals surface area contributed by atoms with E-state index >= 15 is 0 Å². The average Bonchev–Trinajstić information content (AvgIpc) is 2.77. The van der Waals surface area contributed by atoms with E-state index in [4.69, 9.17) is 5.11 Å². The quantitative estimate of drug-likeness (QED) is 0.573. The van der Waals surface area contributed by atoms with Crippen LogP contribution in [0, 0.1) is 0 Å². The van der Waals surface area contributed by atoms with Gasteiger partial charge in [0.25, 0.3) is 5.91 Å². The van der Waals surface area contributed by atoms with Gasteiger partial charge in [-0.15, -0.1) is 0 Å². The fourth-order valence-electron chi connectivity index (χ4n) is 3.09. The van der Waals surface area contributed by atoms with Crippen LogP contribution in [0.15, 0.2) is 42.1 Å². The Hall–Kier alpha value is -3.19. The lowest BCUT2D eigenvalue weighted by Crippen LogP contribution is -2.34. The molecule has 1 amide bonds. The van der Waals surface area contributed by atoms with Crippen LogP contribution in [0.25, 0.3) is 0 Å². The number of benzene rings is 1. The summed E-state index contributed by atoms with van der Waals surface area (Å²) >= 11 is 0. The lowest BCUT2D eigenvalue weighted by atomic mass is 10.1. The van der Waals surface area contributed by atoms with Crippen molar-refractivity contribution in [1.29, 1.82) is 0 Å². The second-order valence-corrected chi connectivity index (χ2v) is 7.12. The molecule has 33 heavy (non-hydrogen) atoms. The van der Waals surface area contributed by atoms with Gasteiger partial charge in [-0.1, -0.05) is 6.08 Å². The number of hydrogen-bond acceptors (Lipinski definition) is 6. The van der Waals surface area contributed by atoms with Crippen molar-refractivity contribution in [2.45, 2.75) is 24.9 Å². The largest absolute Gasteiger partial charge is 0.437 e. The third kappa shape index (κ3) is 5.79. The molecule has 0 saturated carbocycles. The molecule has 1 aromatic heterocycles. The molecular weight excluding hydrogens is 458 g/mol. The first kappa shape index (κ1) is 24.5. The Labute approximate surface area is 183 Å². The van der Waals surface area contributed by atoms with Crippen LogP contribution >= 0.6 is 0 Å². The van der Waals surface area contributed by atoms with Gasteiger partial charge in [0.05, 0.1) is 24.1 Å². The number of aliphatic hydroxyl groups excluding tert-OH is 2. The van der Waals surface area contributed by atoms with Crippen molar-refractivity contribution in [2.24, 2.45) is 0 Å². The van der Waals surface area contributed by atoms with E-state index in [1.54, 1.807) is 0 Å². The fourth-order valence-corrected chi connectivity index (χ4v) is 3.09. The Kier molecular flexibility index (Phi) is 6.93. The SMILES string of the molecule is O=C(Nc1ccc(C(F)(F)F)cc1)C1=CCN(c2ncc([C@H](O)CO)nc2C(F)(F)F)CC1. The normalized spacial score (nSPS) is 15.8. The van der Waals surface area contributed by atoms with Gasteiger partial charge < -0.3 is 20.4 Å². The van der Waals surface area contributed by atoms with E-state index in [2.05, 4.69) is 15.3 Å². The molecule has 0 bridgehead atoms. The molecule has 1 atom stereocenters. The highest BCUT2D eigenvalue weighted by Gasteiger charge is 2.39. The molecule has 0 fully saturated rings. The summed E-state index contributed by atoms with van der Waals surface area (Å²) in [7, 11) is 0. The van der Waals surface area contributed by atoms with E-state index in [1.807, 2.05) is 0 Å². The van der Waals surface area contributed by atoms with Crippen LogP contribution < -0.4 is 10.2 Å². The zero-order chi connectivity index (χ0) is 24.4. The summed E-state index contributed by atoms with van der Waals surface area (Å²) in [6.07, 6.45) is -8.63. The van der Waals surface area contributed by atoms with E-state index in [0.29, 0.717) is 0 Å². The number of carbonyl (C=O) groups is 1. The topological polar surface area (TPSA) is 98.6 Å². The second-order valence-electron chi connectivity index (χ2n) is 7.12. The number of amides is 1. The Bertz CT molecular complexity index is 1040. The zero-order valence-electron chi connectivity index (χ0n) is 16.8. The van der Waals surface area contributed by atoms with Crippen molar-refractivity contribution in [3.05, 3.63) is 59.1 Å². The first-order valence-corrected chi connectivity index (χ1v) is 9.55.